The van der Waals surface area contributed by atoms with Crippen molar-refractivity contribution >= 4 is 17.8 Å². The zero-order chi connectivity index (χ0) is 21.9. The lowest BCUT2D eigenvalue weighted by molar-refractivity contribution is -0.124. The summed E-state index contributed by atoms with van der Waals surface area (Å²) in [6.45, 7) is 2.33. The minimum absolute atomic E-state index is 0.231. The van der Waals surface area contributed by atoms with Crippen LogP contribution in [0.4, 0.5) is 0 Å². The Kier molecular flexibility index (Phi) is 8.68. The largest absolute Gasteiger partial charge is 0.493 e. The van der Waals surface area contributed by atoms with Crippen LogP contribution in [0.5, 0.6) is 11.5 Å². The van der Waals surface area contributed by atoms with E-state index in [4.69, 9.17) is 14.2 Å². The molecule has 8 nitrogen and oxygen atoms in total. The third kappa shape index (κ3) is 6.51. The number of methoxy groups -OCH3 is 2. The Labute approximate surface area is 175 Å². The van der Waals surface area contributed by atoms with Gasteiger partial charge >= 0.3 is 11.9 Å². The number of esters is 2. The molecule has 8 heteroatoms. The highest BCUT2D eigenvalue weighted by molar-refractivity contribution is 5.92. The van der Waals surface area contributed by atoms with Crippen LogP contribution in [0.3, 0.4) is 0 Å². The van der Waals surface area contributed by atoms with Gasteiger partial charge in [0.15, 0.2) is 18.1 Å². The third-order valence-corrected chi connectivity index (χ3v) is 4.06. The van der Waals surface area contributed by atoms with Crippen LogP contribution in [0, 0.1) is 0 Å². The minimum atomic E-state index is -0.645. The lowest BCUT2D eigenvalue weighted by Crippen LogP contribution is -2.28. The summed E-state index contributed by atoms with van der Waals surface area (Å²) in [5.74, 6) is -0.577. The third-order valence-electron chi connectivity index (χ3n) is 4.06. The van der Waals surface area contributed by atoms with Gasteiger partial charge in [-0.2, -0.15) is 0 Å². The van der Waals surface area contributed by atoms with Crippen molar-refractivity contribution in [2.45, 2.75) is 19.9 Å². The Morgan fingerprint density at radius 1 is 0.900 bits per heavy atom. The summed E-state index contributed by atoms with van der Waals surface area (Å²) in [7, 11) is 2.79. The van der Waals surface area contributed by atoms with Crippen LogP contribution in [0.1, 0.15) is 39.6 Å². The van der Waals surface area contributed by atoms with E-state index in [2.05, 4.69) is 10.1 Å². The van der Waals surface area contributed by atoms with Crippen molar-refractivity contribution in [1.82, 2.24) is 5.32 Å². The first-order chi connectivity index (χ1) is 14.5. The monoisotopic (exact) mass is 415 g/mol. The van der Waals surface area contributed by atoms with Gasteiger partial charge < -0.3 is 24.3 Å². The van der Waals surface area contributed by atoms with E-state index < -0.39 is 24.5 Å². The molecule has 0 saturated carbocycles. The molecule has 0 fully saturated rings. The summed E-state index contributed by atoms with van der Waals surface area (Å²) < 4.78 is 20.5. The van der Waals surface area contributed by atoms with E-state index in [0.717, 1.165) is 12.0 Å². The lowest BCUT2D eigenvalue weighted by atomic mass is 10.1. The van der Waals surface area contributed by atoms with Crippen LogP contribution < -0.4 is 14.8 Å². The van der Waals surface area contributed by atoms with Gasteiger partial charge in [-0.05, 0) is 42.3 Å². The van der Waals surface area contributed by atoms with E-state index in [-0.39, 0.29) is 12.1 Å². The summed E-state index contributed by atoms with van der Waals surface area (Å²) in [4.78, 5) is 35.6. The predicted molar refractivity (Wildman–Crippen MR) is 109 cm³/mol. The van der Waals surface area contributed by atoms with Crippen LogP contribution in [0.15, 0.2) is 42.5 Å². The molecule has 0 aliphatic rings. The smallest absolute Gasteiger partial charge is 0.338 e. The van der Waals surface area contributed by atoms with Crippen molar-refractivity contribution < 1.29 is 33.3 Å². The number of hydrogen-bond donors (Lipinski definition) is 1. The maximum Gasteiger partial charge on any atom is 0.338 e. The fraction of sp³-hybridized carbons (Fsp3) is 0.318. The van der Waals surface area contributed by atoms with Crippen LogP contribution in [0.25, 0.3) is 0 Å². The average Bonchev–Trinajstić information content (AvgIpc) is 2.79. The van der Waals surface area contributed by atoms with E-state index >= 15 is 0 Å². The molecule has 160 valence electrons. The van der Waals surface area contributed by atoms with E-state index in [9.17, 15) is 14.4 Å². The topological polar surface area (TPSA) is 100 Å². The maximum absolute atomic E-state index is 12.2. The molecular formula is C22H25NO7. The van der Waals surface area contributed by atoms with Crippen molar-refractivity contribution in [3.8, 4) is 11.5 Å². The van der Waals surface area contributed by atoms with Gasteiger partial charge in [-0.25, -0.2) is 9.59 Å². The number of benzene rings is 2. The van der Waals surface area contributed by atoms with Crippen LogP contribution in [-0.4, -0.2) is 45.3 Å². The number of rotatable bonds is 10. The second-order valence-electron chi connectivity index (χ2n) is 6.26. The van der Waals surface area contributed by atoms with E-state index in [1.807, 2.05) is 6.92 Å². The van der Waals surface area contributed by atoms with Gasteiger partial charge in [0.25, 0.3) is 5.91 Å². The first-order valence-corrected chi connectivity index (χ1v) is 9.40. The SMILES string of the molecule is CCCOc1ccc(C(=O)OCC(=O)NCc2ccc(C(=O)OC)cc2)cc1OC. The molecule has 0 unspecified atom stereocenters. The molecule has 2 aromatic rings. The van der Waals surface area contributed by atoms with Crippen molar-refractivity contribution in [1.29, 1.82) is 0 Å². The fourth-order valence-electron chi connectivity index (χ4n) is 2.47. The van der Waals surface area contributed by atoms with Gasteiger partial charge in [0, 0.05) is 6.54 Å². The maximum atomic E-state index is 12.2. The van der Waals surface area contributed by atoms with Gasteiger partial charge in [0.2, 0.25) is 0 Å². The zero-order valence-electron chi connectivity index (χ0n) is 17.2. The van der Waals surface area contributed by atoms with Crippen molar-refractivity contribution in [2.75, 3.05) is 27.4 Å². The molecule has 1 N–H and O–H groups in total. The molecule has 0 aliphatic heterocycles. The quantitative estimate of drug-likeness (QED) is 0.596. The molecule has 0 radical (unpaired) electrons. The summed E-state index contributed by atoms with van der Waals surface area (Å²) in [6, 6.07) is 11.3. The predicted octanol–water partition coefficient (Wildman–Crippen LogP) is 2.74. The standard InChI is InChI=1S/C22H25NO7/c1-4-11-29-18-10-9-17(12-19(18)27-2)22(26)30-14-20(24)23-13-15-5-7-16(8-6-15)21(25)28-3/h5-10,12H,4,11,13-14H2,1-3H3,(H,23,24). The first kappa shape index (κ1) is 22.7. The Morgan fingerprint density at radius 2 is 1.60 bits per heavy atom. The summed E-state index contributed by atoms with van der Waals surface area (Å²) in [6.07, 6.45) is 0.845. The number of carbonyl (C=O) groups excluding carboxylic acids is 3. The zero-order valence-corrected chi connectivity index (χ0v) is 17.2. The molecule has 0 saturated heterocycles. The molecule has 0 aromatic heterocycles. The number of amides is 1. The lowest BCUT2D eigenvalue weighted by Gasteiger charge is -2.11. The fourth-order valence-corrected chi connectivity index (χ4v) is 2.47. The van der Waals surface area contributed by atoms with E-state index in [0.29, 0.717) is 23.7 Å². The molecule has 2 aromatic carbocycles. The number of nitrogens with one attached hydrogen (secondary N) is 1. The summed E-state index contributed by atoms with van der Waals surface area (Å²) in [5.41, 5.74) is 1.46. The van der Waals surface area contributed by atoms with Crippen LogP contribution in [-0.2, 0) is 20.8 Å². The van der Waals surface area contributed by atoms with Gasteiger partial charge in [0.05, 0.1) is 32.0 Å². The Hall–Kier alpha value is -3.55. The van der Waals surface area contributed by atoms with Gasteiger partial charge in [-0.3, -0.25) is 4.79 Å². The van der Waals surface area contributed by atoms with Gasteiger partial charge in [-0.1, -0.05) is 19.1 Å². The van der Waals surface area contributed by atoms with Crippen molar-refractivity contribution in [3.05, 3.63) is 59.2 Å². The molecule has 1 amide bonds. The van der Waals surface area contributed by atoms with Gasteiger partial charge in [0.1, 0.15) is 0 Å². The highest BCUT2D eigenvalue weighted by atomic mass is 16.5. The van der Waals surface area contributed by atoms with Gasteiger partial charge in [-0.15, -0.1) is 0 Å². The molecule has 30 heavy (non-hydrogen) atoms. The molecule has 0 heterocycles. The molecule has 0 atom stereocenters. The van der Waals surface area contributed by atoms with Crippen molar-refractivity contribution in [2.24, 2.45) is 0 Å². The van der Waals surface area contributed by atoms with E-state index in [1.54, 1.807) is 36.4 Å². The minimum Gasteiger partial charge on any atom is -0.493 e. The first-order valence-electron chi connectivity index (χ1n) is 9.40. The summed E-state index contributed by atoms with van der Waals surface area (Å²) >= 11 is 0. The highest BCUT2D eigenvalue weighted by Gasteiger charge is 2.14. The summed E-state index contributed by atoms with van der Waals surface area (Å²) in [5, 5.41) is 2.65. The molecular weight excluding hydrogens is 390 g/mol. The molecule has 0 spiro atoms. The average molecular weight is 415 g/mol. The Morgan fingerprint density at radius 3 is 2.23 bits per heavy atom. The normalized spacial score (nSPS) is 10.1. The Bertz CT molecular complexity index is 878. The van der Waals surface area contributed by atoms with Crippen molar-refractivity contribution in [3.63, 3.8) is 0 Å². The molecule has 2 rings (SSSR count). The van der Waals surface area contributed by atoms with Crippen LogP contribution in [0.2, 0.25) is 0 Å². The van der Waals surface area contributed by atoms with E-state index in [1.165, 1.54) is 20.3 Å². The Balaban J connectivity index is 1.84. The number of ether oxygens (including phenoxy) is 4. The molecule has 0 bridgehead atoms. The molecule has 0 aliphatic carbocycles. The van der Waals surface area contributed by atoms with Crippen LogP contribution >= 0.6 is 0 Å². The second-order valence-corrected chi connectivity index (χ2v) is 6.26. The number of carbonyl (C=O) groups is 3. The number of hydrogen-bond acceptors (Lipinski definition) is 7. The second kappa shape index (κ2) is 11.5. The highest BCUT2D eigenvalue weighted by Crippen LogP contribution is 2.28.